The molecule has 1 aromatic heterocycles. The summed E-state index contributed by atoms with van der Waals surface area (Å²) in [6.45, 7) is 3.09. The Kier molecular flexibility index (Phi) is 5.02. The molecule has 0 bridgehead atoms. The molecule has 0 atom stereocenters. The second-order valence-electron chi connectivity index (χ2n) is 5.82. The smallest absolute Gasteiger partial charge is 0.224 e. The van der Waals surface area contributed by atoms with Crippen molar-refractivity contribution in [3.8, 4) is 11.6 Å². The first kappa shape index (κ1) is 15.7. The molecule has 23 heavy (non-hydrogen) atoms. The van der Waals surface area contributed by atoms with Crippen molar-refractivity contribution >= 4 is 5.82 Å². The number of benzene rings is 1. The van der Waals surface area contributed by atoms with Gasteiger partial charge in [0.25, 0.3) is 0 Å². The zero-order chi connectivity index (χ0) is 16.1. The van der Waals surface area contributed by atoms with Crippen LogP contribution in [0.15, 0.2) is 36.7 Å². The van der Waals surface area contributed by atoms with Crippen molar-refractivity contribution < 1.29 is 9.13 Å². The van der Waals surface area contributed by atoms with Crippen LogP contribution < -0.4 is 15.0 Å². The van der Waals surface area contributed by atoms with E-state index in [2.05, 4.69) is 20.2 Å². The van der Waals surface area contributed by atoms with Crippen LogP contribution >= 0.6 is 0 Å². The Bertz CT molecular complexity index is 646. The zero-order valence-electron chi connectivity index (χ0n) is 13.2. The number of aromatic nitrogens is 2. The van der Waals surface area contributed by atoms with E-state index in [1.807, 2.05) is 7.05 Å². The zero-order valence-corrected chi connectivity index (χ0v) is 13.2. The van der Waals surface area contributed by atoms with Gasteiger partial charge in [0.1, 0.15) is 12.1 Å². The van der Waals surface area contributed by atoms with Gasteiger partial charge in [-0.15, -0.1) is 0 Å². The molecule has 122 valence electrons. The first-order chi connectivity index (χ1) is 11.2. The summed E-state index contributed by atoms with van der Waals surface area (Å²) in [5.74, 6) is 1.54. The molecule has 0 saturated carbocycles. The fraction of sp³-hybridized carbons (Fsp3) is 0.412. The fourth-order valence-corrected chi connectivity index (χ4v) is 2.78. The second-order valence-corrected chi connectivity index (χ2v) is 5.82. The van der Waals surface area contributed by atoms with Crippen molar-refractivity contribution in [2.45, 2.75) is 12.8 Å². The van der Waals surface area contributed by atoms with Crippen LogP contribution in [0.5, 0.6) is 11.6 Å². The Morgan fingerprint density at radius 1 is 1.26 bits per heavy atom. The van der Waals surface area contributed by atoms with Gasteiger partial charge in [-0.3, -0.25) is 0 Å². The third-order valence-electron chi connectivity index (χ3n) is 4.06. The number of ether oxygens (including phenoxy) is 1. The molecule has 2 aromatic rings. The van der Waals surface area contributed by atoms with Gasteiger partial charge in [0.2, 0.25) is 5.88 Å². The van der Waals surface area contributed by atoms with Gasteiger partial charge < -0.3 is 15.0 Å². The molecule has 1 aromatic carbocycles. The third-order valence-corrected chi connectivity index (χ3v) is 4.06. The fourth-order valence-electron chi connectivity index (χ4n) is 2.78. The maximum absolute atomic E-state index is 13.7. The molecule has 1 aliphatic heterocycles. The molecule has 1 N–H and O–H groups in total. The predicted molar refractivity (Wildman–Crippen MR) is 87.4 cm³/mol. The summed E-state index contributed by atoms with van der Waals surface area (Å²) in [7, 11) is 2.01. The van der Waals surface area contributed by atoms with E-state index in [1.165, 1.54) is 25.2 Å². The molecular formula is C17H21FN4O. The Hall–Kier alpha value is -2.21. The van der Waals surface area contributed by atoms with Crippen LogP contribution in [0.3, 0.4) is 0 Å². The van der Waals surface area contributed by atoms with E-state index < -0.39 is 5.82 Å². The van der Waals surface area contributed by atoms with E-state index in [0.717, 1.165) is 25.5 Å². The molecule has 1 fully saturated rings. The highest BCUT2D eigenvalue weighted by Crippen LogP contribution is 2.25. The number of para-hydroxylation sites is 1. The minimum absolute atomic E-state index is 0.165. The molecule has 0 aliphatic carbocycles. The average Bonchev–Trinajstić information content (AvgIpc) is 2.58. The first-order valence-electron chi connectivity index (χ1n) is 7.88. The van der Waals surface area contributed by atoms with Gasteiger partial charge in [0.15, 0.2) is 11.6 Å². The van der Waals surface area contributed by atoms with Gasteiger partial charge in [-0.05, 0) is 44.0 Å². The standard InChI is InChI=1S/C17H21FN4O/c1-22(11-13-6-8-19-9-7-13)16-10-17(21-12-20-16)23-15-5-3-2-4-14(15)18/h2-5,10,12-13,19H,6-9,11H2,1H3. The van der Waals surface area contributed by atoms with Gasteiger partial charge in [0.05, 0.1) is 0 Å². The van der Waals surface area contributed by atoms with E-state index in [4.69, 9.17) is 4.74 Å². The Labute approximate surface area is 135 Å². The van der Waals surface area contributed by atoms with E-state index in [1.54, 1.807) is 24.3 Å². The summed E-state index contributed by atoms with van der Waals surface area (Å²) in [6.07, 6.45) is 3.80. The molecule has 5 nitrogen and oxygen atoms in total. The average molecular weight is 316 g/mol. The van der Waals surface area contributed by atoms with Crippen molar-refractivity contribution in [2.75, 3.05) is 31.6 Å². The van der Waals surface area contributed by atoms with Crippen molar-refractivity contribution in [3.63, 3.8) is 0 Å². The lowest BCUT2D eigenvalue weighted by Crippen LogP contribution is -2.34. The van der Waals surface area contributed by atoms with E-state index in [9.17, 15) is 4.39 Å². The van der Waals surface area contributed by atoms with Crippen LogP contribution in [0.4, 0.5) is 10.2 Å². The Morgan fingerprint density at radius 2 is 2.04 bits per heavy atom. The molecule has 1 aliphatic rings. The van der Waals surface area contributed by atoms with Crippen molar-refractivity contribution in [1.29, 1.82) is 0 Å². The van der Waals surface area contributed by atoms with Crippen LogP contribution in [0.2, 0.25) is 0 Å². The lowest BCUT2D eigenvalue weighted by molar-refractivity contribution is 0.377. The molecule has 0 radical (unpaired) electrons. The number of halogens is 1. The van der Waals surface area contributed by atoms with Crippen LogP contribution in [0, 0.1) is 11.7 Å². The third kappa shape index (κ3) is 4.16. The van der Waals surface area contributed by atoms with Crippen LogP contribution in [-0.2, 0) is 0 Å². The minimum atomic E-state index is -0.407. The van der Waals surface area contributed by atoms with Gasteiger partial charge in [-0.2, -0.15) is 0 Å². The highest BCUT2D eigenvalue weighted by molar-refractivity contribution is 5.41. The molecule has 0 unspecified atom stereocenters. The number of nitrogens with one attached hydrogen (secondary N) is 1. The first-order valence-corrected chi connectivity index (χ1v) is 7.88. The van der Waals surface area contributed by atoms with Gasteiger partial charge >= 0.3 is 0 Å². The largest absolute Gasteiger partial charge is 0.436 e. The summed E-state index contributed by atoms with van der Waals surface area (Å²) >= 11 is 0. The number of hydrogen-bond acceptors (Lipinski definition) is 5. The Balaban J connectivity index is 1.68. The van der Waals surface area contributed by atoms with Gasteiger partial charge in [-0.25, -0.2) is 14.4 Å². The minimum Gasteiger partial charge on any atom is -0.436 e. The topological polar surface area (TPSA) is 50.3 Å². The van der Waals surface area contributed by atoms with Crippen molar-refractivity contribution in [1.82, 2.24) is 15.3 Å². The highest BCUT2D eigenvalue weighted by atomic mass is 19.1. The quantitative estimate of drug-likeness (QED) is 0.919. The second kappa shape index (κ2) is 7.37. The maximum Gasteiger partial charge on any atom is 0.224 e. The Morgan fingerprint density at radius 3 is 2.83 bits per heavy atom. The number of hydrogen-bond donors (Lipinski definition) is 1. The van der Waals surface area contributed by atoms with Crippen LogP contribution in [0.1, 0.15) is 12.8 Å². The number of anilines is 1. The lowest BCUT2D eigenvalue weighted by atomic mass is 9.98. The summed E-state index contributed by atoms with van der Waals surface area (Å²) in [4.78, 5) is 10.5. The number of piperidine rings is 1. The molecule has 0 amide bonds. The SMILES string of the molecule is CN(CC1CCNCC1)c1cc(Oc2ccccc2F)ncn1. The molecule has 2 heterocycles. The summed E-state index contributed by atoms with van der Waals surface area (Å²) < 4.78 is 19.2. The van der Waals surface area contributed by atoms with Crippen molar-refractivity contribution in [3.05, 3.63) is 42.5 Å². The summed E-state index contributed by atoms with van der Waals surface area (Å²) in [5, 5.41) is 3.37. The van der Waals surface area contributed by atoms with Crippen molar-refractivity contribution in [2.24, 2.45) is 5.92 Å². The number of rotatable bonds is 5. The summed E-state index contributed by atoms with van der Waals surface area (Å²) in [6, 6.07) is 8.04. The number of nitrogens with zero attached hydrogens (tertiary/aromatic N) is 3. The van der Waals surface area contributed by atoms with Crippen LogP contribution in [-0.4, -0.2) is 36.6 Å². The molecule has 3 rings (SSSR count). The van der Waals surface area contributed by atoms with Crippen LogP contribution in [0.25, 0.3) is 0 Å². The van der Waals surface area contributed by atoms with E-state index in [0.29, 0.717) is 11.8 Å². The molecule has 0 spiro atoms. The normalized spacial score (nSPS) is 15.4. The monoisotopic (exact) mass is 316 g/mol. The van der Waals surface area contributed by atoms with Gasteiger partial charge in [-0.1, -0.05) is 12.1 Å². The molecule has 1 saturated heterocycles. The highest BCUT2D eigenvalue weighted by Gasteiger charge is 2.16. The van der Waals surface area contributed by atoms with E-state index >= 15 is 0 Å². The maximum atomic E-state index is 13.7. The van der Waals surface area contributed by atoms with Gasteiger partial charge in [0, 0.05) is 19.7 Å². The van der Waals surface area contributed by atoms with E-state index in [-0.39, 0.29) is 5.75 Å². The lowest BCUT2D eigenvalue weighted by Gasteiger charge is -2.28. The predicted octanol–water partition coefficient (Wildman–Crippen LogP) is 2.84. The molecule has 6 heteroatoms. The summed E-state index contributed by atoms with van der Waals surface area (Å²) in [5.41, 5.74) is 0. The molecular weight excluding hydrogens is 295 g/mol.